The van der Waals surface area contributed by atoms with Gasteiger partial charge in [-0.3, -0.25) is 0 Å². The summed E-state index contributed by atoms with van der Waals surface area (Å²) >= 11 is 0. The Kier molecular flexibility index (Phi) is 3.39. The van der Waals surface area contributed by atoms with E-state index in [0.29, 0.717) is 18.5 Å². The number of alkyl halides is 3. The standard InChI is InChI=1S/C15H16F3N3/c1-2-10-9-20-21-13(7-8-19-14(10)21)11-5-3-4-6-12(11)15(16,17)18/h3-6,9,13,19H,2,7-8H2,1H3. The lowest BCUT2D eigenvalue weighted by atomic mass is 9.96. The van der Waals surface area contributed by atoms with Crippen molar-refractivity contribution in [3.63, 3.8) is 0 Å². The van der Waals surface area contributed by atoms with E-state index in [1.54, 1.807) is 23.0 Å². The van der Waals surface area contributed by atoms with Crippen LogP contribution in [-0.4, -0.2) is 16.3 Å². The molecular formula is C15H16F3N3. The van der Waals surface area contributed by atoms with Crippen LogP contribution in [0, 0.1) is 0 Å². The van der Waals surface area contributed by atoms with Crippen molar-refractivity contribution in [2.24, 2.45) is 0 Å². The SMILES string of the molecule is CCc1cnn2c1NCCC2c1ccccc1C(F)(F)F. The van der Waals surface area contributed by atoms with Crippen LogP contribution in [0.2, 0.25) is 0 Å². The van der Waals surface area contributed by atoms with E-state index in [9.17, 15) is 13.2 Å². The first-order valence-corrected chi connectivity index (χ1v) is 6.98. The average Bonchev–Trinajstić information content (AvgIpc) is 2.89. The van der Waals surface area contributed by atoms with Gasteiger partial charge < -0.3 is 5.32 Å². The van der Waals surface area contributed by atoms with E-state index in [1.807, 2.05) is 6.92 Å². The van der Waals surface area contributed by atoms with E-state index < -0.39 is 11.7 Å². The van der Waals surface area contributed by atoms with Crippen molar-refractivity contribution in [1.82, 2.24) is 9.78 Å². The monoisotopic (exact) mass is 295 g/mol. The van der Waals surface area contributed by atoms with Crippen molar-refractivity contribution in [3.8, 4) is 0 Å². The molecule has 1 aliphatic rings. The van der Waals surface area contributed by atoms with Crippen LogP contribution in [-0.2, 0) is 12.6 Å². The lowest BCUT2D eigenvalue weighted by molar-refractivity contribution is -0.138. The number of aryl methyl sites for hydroxylation is 1. The molecule has 1 unspecified atom stereocenters. The van der Waals surface area contributed by atoms with Crippen molar-refractivity contribution in [2.75, 3.05) is 11.9 Å². The number of anilines is 1. The number of hydrogen-bond donors (Lipinski definition) is 1. The second-order valence-corrected chi connectivity index (χ2v) is 5.13. The molecule has 1 N–H and O–H groups in total. The number of nitrogens with zero attached hydrogens (tertiary/aromatic N) is 2. The van der Waals surface area contributed by atoms with Gasteiger partial charge in [0, 0.05) is 12.1 Å². The van der Waals surface area contributed by atoms with E-state index in [0.717, 1.165) is 23.9 Å². The predicted molar refractivity (Wildman–Crippen MR) is 74.3 cm³/mol. The van der Waals surface area contributed by atoms with E-state index in [2.05, 4.69) is 10.4 Å². The van der Waals surface area contributed by atoms with Gasteiger partial charge >= 0.3 is 6.18 Å². The van der Waals surface area contributed by atoms with Gasteiger partial charge in [0.05, 0.1) is 17.8 Å². The van der Waals surface area contributed by atoms with Gasteiger partial charge in [-0.1, -0.05) is 25.1 Å². The molecule has 0 saturated heterocycles. The number of hydrogen-bond acceptors (Lipinski definition) is 2. The molecule has 1 atom stereocenters. The highest BCUT2D eigenvalue weighted by atomic mass is 19.4. The van der Waals surface area contributed by atoms with Crippen LogP contribution in [0.15, 0.2) is 30.5 Å². The highest BCUT2D eigenvalue weighted by molar-refractivity contribution is 5.48. The summed E-state index contributed by atoms with van der Waals surface area (Å²) in [5.41, 5.74) is 0.749. The fourth-order valence-corrected chi connectivity index (χ4v) is 2.87. The van der Waals surface area contributed by atoms with Crippen LogP contribution in [0.3, 0.4) is 0 Å². The fourth-order valence-electron chi connectivity index (χ4n) is 2.87. The van der Waals surface area contributed by atoms with Crippen LogP contribution in [0.25, 0.3) is 0 Å². The third-order valence-electron chi connectivity index (χ3n) is 3.88. The summed E-state index contributed by atoms with van der Waals surface area (Å²) in [6.45, 7) is 2.66. The predicted octanol–water partition coefficient (Wildman–Crippen LogP) is 3.87. The quantitative estimate of drug-likeness (QED) is 0.911. The molecule has 0 spiro atoms. The van der Waals surface area contributed by atoms with Gasteiger partial charge in [-0.05, 0) is 24.5 Å². The summed E-state index contributed by atoms with van der Waals surface area (Å²) < 4.78 is 41.3. The van der Waals surface area contributed by atoms with Crippen molar-refractivity contribution in [1.29, 1.82) is 0 Å². The Hall–Kier alpha value is -1.98. The zero-order valence-corrected chi connectivity index (χ0v) is 11.6. The smallest absolute Gasteiger partial charge is 0.370 e. The summed E-state index contributed by atoms with van der Waals surface area (Å²) in [6.07, 6.45) is -1.22. The van der Waals surface area contributed by atoms with E-state index in [1.165, 1.54) is 6.07 Å². The van der Waals surface area contributed by atoms with Gasteiger partial charge in [0.25, 0.3) is 0 Å². The fraction of sp³-hybridized carbons (Fsp3) is 0.400. The first-order valence-electron chi connectivity index (χ1n) is 6.98. The number of aromatic nitrogens is 2. The molecule has 0 amide bonds. The second-order valence-electron chi connectivity index (χ2n) is 5.13. The van der Waals surface area contributed by atoms with E-state index >= 15 is 0 Å². The summed E-state index contributed by atoms with van der Waals surface area (Å²) in [5.74, 6) is 0.839. The molecule has 3 rings (SSSR count). The van der Waals surface area contributed by atoms with Crippen molar-refractivity contribution in [2.45, 2.75) is 32.0 Å². The highest BCUT2D eigenvalue weighted by Gasteiger charge is 2.36. The Morgan fingerprint density at radius 1 is 1.33 bits per heavy atom. The first-order chi connectivity index (χ1) is 10.0. The number of rotatable bonds is 2. The van der Waals surface area contributed by atoms with Gasteiger partial charge in [0.2, 0.25) is 0 Å². The molecule has 1 aromatic carbocycles. The van der Waals surface area contributed by atoms with Gasteiger partial charge in [-0.2, -0.15) is 18.3 Å². The van der Waals surface area contributed by atoms with Crippen molar-refractivity contribution >= 4 is 5.82 Å². The minimum absolute atomic E-state index is 0.290. The molecule has 0 saturated carbocycles. The first kappa shape index (κ1) is 14.0. The Morgan fingerprint density at radius 2 is 2.10 bits per heavy atom. The maximum Gasteiger partial charge on any atom is 0.416 e. The summed E-state index contributed by atoms with van der Waals surface area (Å²) in [6, 6.07) is 5.39. The third kappa shape index (κ3) is 2.39. The lowest BCUT2D eigenvalue weighted by Gasteiger charge is -2.28. The molecule has 3 nitrogen and oxygen atoms in total. The summed E-state index contributed by atoms with van der Waals surface area (Å²) in [4.78, 5) is 0. The molecule has 1 aromatic heterocycles. The zero-order chi connectivity index (χ0) is 15.0. The Morgan fingerprint density at radius 3 is 2.81 bits per heavy atom. The van der Waals surface area contributed by atoms with Crippen LogP contribution in [0.4, 0.5) is 19.0 Å². The second kappa shape index (κ2) is 5.09. The van der Waals surface area contributed by atoms with Gasteiger partial charge in [-0.15, -0.1) is 0 Å². The summed E-state index contributed by atoms with van der Waals surface area (Å²) in [5, 5.41) is 7.53. The highest BCUT2D eigenvalue weighted by Crippen LogP contribution is 2.39. The molecule has 0 bridgehead atoms. The number of nitrogens with one attached hydrogen (secondary N) is 1. The molecule has 2 aromatic rings. The molecular weight excluding hydrogens is 279 g/mol. The topological polar surface area (TPSA) is 29.9 Å². The Balaban J connectivity index is 2.10. The Bertz CT molecular complexity index is 646. The molecule has 6 heteroatoms. The summed E-state index contributed by atoms with van der Waals surface area (Å²) in [7, 11) is 0. The van der Waals surface area contributed by atoms with Crippen molar-refractivity contribution in [3.05, 3.63) is 47.2 Å². The Labute approximate surface area is 120 Å². The molecule has 21 heavy (non-hydrogen) atoms. The van der Waals surface area contributed by atoms with Crippen LogP contribution < -0.4 is 5.32 Å². The molecule has 112 valence electrons. The molecule has 1 aliphatic heterocycles. The average molecular weight is 295 g/mol. The lowest BCUT2D eigenvalue weighted by Crippen LogP contribution is -2.26. The van der Waals surface area contributed by atoms with E-state index in [4.69, 9.17) is 0 Å². The van der Waals surface area contributed by atoms with Crippen LogP contribution >= 0.6 is 0 Å². The minimum atomic E-state index is -4.34. The van der Waals surface area contributed by atoms with E-state index in [-0.39, 0.29) is 6.04 Å². The van der Waals surface area contributed by atoms with Gasteiger partial charge in [0.15, 0.2) is 0 Å². The van der Waals surface area contributed by atoms with Gasteiger partial charge in [-0.25, -0.2) is 4.68 Å². The van der Waals surface area contributed by atoms with Gasteiger partial charge in [0.1, 0.15) is 5.82 Å². The largest absolute Gasteiger partial charge is 0.416 e. The maximum absolute atomic E-state index is 13.2. The minimum Gasteiger partial charge on any atom is -0.370 e. The molecule has 0 aliphatic carbocycles. The number of benzene rings is 1. The van der Waals surface area contributed by atoms with Crippen molar-refractivity contribution < 1.29 is 13.2 Å². The normalized spacial score (nSPS) is 18.2. The van der Waals surface area contributed by atoms with Crippen LogP contribution in [0.5, 0.6) is 0 Å². The maximum atomic E-state index is 13.2. The zero-order valence-electron chi connectivity index (χ0n) is 11.6. The molecule has 2 heterocycles. The molecule has 0 radical (unpaired) electrons. The number of halogens is 3. The number of fused-ring (bicyclic) bond motifs is 1. The third-order valence-corrected chi connectivity index (χ3v) is 3.88. The van der Waals surface area contributed by atoms with Crippen LogP contribution in [0.1, 0.15) is 36.1 Å². The molecule has 0 fully saturated rings.